The van der Waals surface area contributed by atoms with Gasteiger partial charge >= 0.3 is 0 Å². The second-order valence-electron chi connectivity index (χ2n) is 10.8. The zero-order chi connectivity index (χ0) is 26.3. The fourth-order valence-corrected chi connectivity index (χ4v) is 7.79. The Bertz CT molecular complexity index is 1380. The van der Waals surface area contributed by atoms with E-state index < -0.39 is 10.0 Å². The first-order valence-corrected chi connectivity index (χ1v) is 15.2. The maximum Gasteiger partial charge on any atom is 0.243 e. The number of methoxy groups -OCH3 is 2. The molecule has 3 fully saturated rings. The zero-order valence-electron chi connectivity index (χ0n) is 22.4. The van der Waals surface area contributed by atoms with Gasteiger partial charge in [0, 0.05) is 62.4 Å². The maximum atomic E-state index is 13.7. The number of nitrogens with one attached hydrogen (secondary N) is 1. The number of H-pyrrole nitrogens is 1. The number of anilines is 1. The van der Waals surface area contributed by atoms with Crippen LogP contribution in [0.15, 0.2) is 47.5 Å². The lowest BCUT2D eigenvalue weighted by Crippen LogP contribution is -2.52. The summed E-state index contributed by atoms with van der Waals surface area (Å²) in [6, 6.07) is 12.1. The van der Waals surface area contributed by atoms with Crippen LogP contribution in [0.2, 0.25) is 0 Å². The topological polar surface area (TPSA) is 78.1 Å². The van der Waals surface area contributed by atoms with Crippen molar-refractivity contribution in [2.75, 3.05) is 58.4 Å². The van der Waals surface area contributed by atoms with E-state index in [2.05, 4.69) is 27.0 Å². The standard InChI is InChI=1S/C29H38N4O4S/c1-36-23-6-8-27-25(18-23)26(20-30-27)21-10-12-33(13-11-21)38(34,35)24-7-9-29(37-2)28(19-24)32-16-14-31(15-17-32)22-4-3-5-22/h6-9,18-22,30H,3-5,10-17H2,1-2H3. The molecule has 3 heterocycles. The van der Waals surface area contributed by atoms with Crippen LogP contribution in [-0.2, 0) is 10.0 Å². The average Bonchev–Trinajstić information content (AvgIpc) is 3.35. The van der Waals surface area contributed by atoms with Gasteiger partial charge < -0.3 is 19.4 Å². The highest BCUT2D eigenvalue weighted by Gasteiger charge is 2.33. The van der Waals surface area contributed by atoms with Gasteiger partial charge in [-0.25, -0.2) is 8.42 Å². The maximum absolute atomic E-state index is 13.7. The van der Waals surface area contributed by atoms with Crippen molar-refractivity contribution in [2.24, 2.45) is 0 Å². The van der Waals surface area contributed by atoms with Crippen molar-refractivity contribution in [1.82, 2.24) is 14.2 Å². The molecule has 1 N–H and O–H groups in total. The highest BCUT2D eigenvalue weighted by Crippen LogP contribution is 2.38. The van der Waals surface area contributed by atoms with Crippen molar-refractivity contribution in [3.8, 4) is 11.5 Å². The van der Waals surface area contributed by atoms with Crippen molar-refractivity contribution < 1.29 is 17.9 Å². The summed E-state index contributed by atoms with van der Waals surface area (Å²) in [4.78, 5) is 8.58. The summed E-state index contributed by atoms with van der Waals surface area (Å²) in [5.74, 6) is 1.87. The number of piperidine rings is 1. The number of benzene rings is 2. The average molecular weight is 539 g/mol. The minimum atomic E-state index is -3.60. The van der Waals surface area contributed by atoms with Gasteiger partial charge in [-0.1, -0.05) is 6.42 Å². The van der Waals surface area contributed by atoms with Gasteiger partial charge in [-0.15, -0.1) is 0 Å². The van der Waals surface area contributed by atoms with Crippen LogP contribution in [0.1, 0.15) is 43.6 Å². The molecular weight excluding hydrogens is 500 g/mol. The molecule has 9 heteroatoms. The van der Waals surface area contributed by atoms with Crippen LogP contribution in [0, 0.1) is 0 Å². The van der Waals surface area contributed by atoms with Crippen LogP contribution < -0.4 is 14.4 Å². The molecule has 0 bridgehead atoms. The molecule has 0 atom stereocenters. The van der Waals surface area contributed by atoms with Crippen molar-refractivity contribution in [2.45, 2.75) is 49.0 Å². The van der Waals surface area contributed by atoms with E-state index in [1.807, 2.05) is 24.3 Å². The molecule has 1 aliphatic carbocycles. The second-order valence-corrected chi connectivity index (χ2v) is 12.7. The Morgan fingerprint density at radius 3 is 2.29 bits per heavy atom. The Labute approximate surface area is 225 Å². The number of piperazine rings is 1. The van der Waals surface area contributed by atoms with E-state index in [1.165, 1.54) is 24.8 Å². The van der Waals surface area contributed by atoms with Gasteiger partial charge in [0.2, 0.25) is 10.0 Å². The van der Waals surface area contributed by atoms with Crippen molar-refractivity contribution in [3.05, 3.63) is 48.2 Å². The van der Waals surface area contributed by atoms with E-state index in [0.29, 0.717) is 23.9 Å². The highest BCUT2D eigenvalue weighted by atomic mass is 32.2. The smallest absolute Gasteiger partial charge is 0.243 e. The Hall–Kier alpha value is -2.75. The quantitative estimate of drug-likeness (QED) is 0.480. The van der Waals surface area contributed by atoms with Crippen LogP contribution >= 0.6 is 0 Å². The lowest BCUT2D eigenvalue weighted by Gasteiger charge is -2.43. The van der Waals surface area contributed by atoms with E-state index in [9.17, 15) is 8.42 Å². The molecule has 204 valence electrons. The molecule has 2 aromatic carbocycles. The van der Waals surface area contributed by atoms with Crippen molar-refractivity contribution in [1.29, 1.82) is 0 Å². The summed E-state index contributed by atoms with van der Waals surface area (Å²) in [7, 11) is -0.267. The van der Waals surface area contributed by atoms with Gasteiger partial charge in [0.1, 0.15) is 11.5 Å². The third-order valence-corrected chi connectivity index (χ3v) is 10.7. The Balaban J connectivity index is 1.16. The molecule has 0 unspecified atom stereocenters. The largest absolute Gasteiger partial charge is 0.497 e. The first kappa shape index (κ1) is 25.5. The SMILES string of the molecule is COc1ccc2[nH]cc(C3CCN(S(=O)(=O)c4ccc(OC)c(N5CCN(C6CCC6)CC5)c4)CC3)c2c1. The summed E-state index contributed by atoms with van der Waals surface area (Å²) >= 11 is 0. The number of aromatic nitrogens is 1. The van der Waals surface area contributed by atoms with Crippen LogP contribution in [0.4, 0.5) is 5.69 Å². The minimum Gasteiger partial charge on any atom is -0.497 e. The van der Waals surface area contributed by atoms with Gasteiger partial charge in [0.05, 0.1) is 24.8 Å². The van der Waals surface area contributed by atoms with Gasteiger partial charge in [0.25, 0.3) is 0 Å². The van der Waals surface area contributed by atoms with Gasteiger partial charge in [-0.2, -0.15) is 4.31 Å². The third kappa shape index (κ3) is 4.65. The molecule has 6 rings (SSSR count). The number of fused-ring (bicyclic) bond motifs is 1. The van der Waals surface area contributed by atoms with E-state index in [0.717, 1.165) is 73.2 Å². The lowest BCUT2D eigenvalue weighted by molar-refractivity contribution is 0.120. The fourth-order valence-electron chi connectivity index (χ4n) is 6.30. The number of hydrogen-bond acceptors (Lipinski definition) is 6. The summed E-state index contributed by atoms with van der Waals surface area (Å²) in [5.41, 5.74) is 3.20. The summed E-state index contributed by atoms with van der Waals surface area (Å²) in [5, 5.41) is 1.16. The molecule has 0 radical (unpaired) electrons. The number of aromatic amines is 1. The van der Waals surface area contributed by atoms with Crippen molar-refractivity contribution >= 4 is 26.6 Å². The summed E-state index contributed by atoms with van der Waals surface area (Å²) in [6.45, 7) is 4.81. The Morgan fingerprint density at radius 2 is 1.63 bits per heavy atom. The number of ether oxygens (including phenoxy) is 2. The number of sulfonamides is 1. The Morgan fingerprint density at radius 1 is 0.868 bits per heavy atom. The molecule has 1 saturated carbocycles. The molecule has 3 aromatic rings. The normalized spacial score (nSPS) is 20.5. The Kier molecular flexibility index (Phi) is 7.01. The van der Waals surface area contributed by atoms with E-state index >= 15 is 0 Å². The number of rotatable bonds is 7. The van der Waals surface area contributed by atoms with Crippen LogP contribution in [0.25, 0.3) is 10.9 Å². The molecule has 0 spiro atoms. The van der Waals surface area contributed by atoms with Gasteiger partial charge in [-0.3, -0.25) is 4.90 Å². The first-order chi connectivity index (χ1) is 18.5. The zero-order valence-corrected chi connectivity index (χ0v) is 23.2. The van der Waals surface area contributed by atoms with Crippen LogP contribution in [0.3, 0.4) is 0 Å². The highest BCUT2D eigenvalue weighted by molar-refractivity contribution is 7.89. The van der Waals surface area contributed by atoms with Gasteiger partial charge in [-0.05, 0) is 73.6 Å². The summed E-state index contributed by atoms with van der Waals surface area (Å²) < 4.78 is 40.2. The molecule has 1 aromatic heterocycles. The molecule has 2 aliphatic heterocycles. The fraction of sp³-hybridized carbons (Fsp3) is 0.517. The molecule has 8 nitrogen and oxygen atoms in total. The number of nitrogens with zero attached hydrogens (tertiary/aromatic N) is 3. The molecule has 38 heavy (non-hydrogen) atoms. The predicted octanol–water partition coefficient (Wildman–Crippen LogP) is 4.43. The van der Waals surface area contributed by atoms with Crippen LogP contribution in [0.5, 0.6) is 11.5 Å². The molecule has 3 aliphatic rings. The van der Waals surface area contributed by atoms with Crippen molar-refractivity contribution in [3.63, 3.8) is 0 Å². The minimum absolute atomic E-state index is 0.306. The van der Waals surface area contributed by atoms with Gasteiger partial charge in [0.15, 0.2) is 0 Å². The van der Waals surface area contributed by atoms with E-state index in [-0.39, 0.29) is 0 Å². The first-order valence-electron chi connectivity index (χ1n) is 13.8. The molecular formula is C29H38N4O4S. The molecule has 0 amide bonds. The monoisotopic (exact) mass is 538 g/mol. The van der Waals surface area contributed by atoms with Crippen LogP contribution in [-0.4, -0.2) is 82.1 Å². The summed E-state index contributed by atoms with van der Waals surface area (Å²) in [6.07, 6.45) is 7.60. The lowest BCUT2D eigenvalue weighted by atomic mass is 9.90. The predicted molar refractivity (Wildman–Crippen MR) is 150 cm³/mol. The third-order valence-electron chi connectivity index (χ3n) is 8.85. The van der Waals surface area contributed by atoms with E-state index in [1.54, 1.807) is 24.6 Å². The second kappa shape index (κ2) is 10.4. The number of hydrogen-bond donors (Lipinski definition) is 1. The molecule has 2 saturated heterocycles. The van der Waals surface area contributed by atoms with E-state index in [4.69, 9.17) is 9.47 Å².